The third kappa shape index (κ3) is 4.82. The first-order valence-corrected chi connectivity index (χ1v) is 8.77. The van der Waals surface area contributed by atoms with Gasteiger partial charge in [0.2, 0.25) is 0 Å². The highest BCUT2D eigenvalue weighted by Crippen LogP contribution is 2.31. The largest absolute Gasteiger partial charge is 0.489 e. The fourth-order valence-electron chi connectivity index (χ4n) is 3.31. The Bertz CT molecular complexity index is 806. The first-order chi connectivity index (χ1) is 13.3. The first-order valence-electron chi connectivity index (χ1n) is 8.77. The molecule has 5 nitrogen and oxygen atoms in total. The zero-order chi connectivity index (χ0) is 20.3. The van der Waals surface area contributed by atoms with Gasteiger partial charge in [-0.3, -0.25) is 4.90 Å². The number of aliphatic hydroxyl groups excluding tert-OH is 1. The fraction of sp³-hybridized carbons (Fsp3) is 0.350. The molecule has 0 aliphatic carbocycles. The van der Waals surface area contributed by atoms with Gasteiger partial charge in [0.05, 0.1) is 17.7 Å². The summed E-state index contributed by atoms with van der Waals surface area (Å²) >= 11 is 0. The monoisotopic (exact) mass is 395 g/mol. The highest BCUT2D eigenvalue weighted by Gasteiger charge is 2.33. The van der Waals surface area contributed by atoms with E-state index in [2.05, 4.69) is 0 Å². The molecule has 1 saturated heterocycles. The molecular weight excluding hydrogens is 375 g/mol. The van der Waals surface area contributed by atoms with Gasteiger partial charge >= 0.3 is 12.1 Å². The summed E-state index contributed by atoms with van der Waals surface area (Å²) in [7, 11) is 0. The van der Waals surface area contributed by atoms with Crippen LogP contribution in [0.5, 0.6) is 5.75 Å². The van der Waals surface area contributed by atoms with Crippen molar-refractivity contribution >= 4 is 5.97 Å². The second-order valence-corrected chi connectivity index (χ2v) is 6.77. The molecule has 2 aromatic rings. The van der Waals surface area contributed by atoms with Crippen molar-refractivity contribution in [2.75, 3.05) is 13.2 Å². The van der Waals surface area contributed by atoms with Crippen LogP contribution in [0.25, 0.3) is 0 Å². The van der Waals surface area contributed by atoms with E-state index >= 15 is 0 Å². The van der Waals surface area contributed by atoms with Gasteiger partial charge in [-0.15, -0.1) is 0 Å². The minimum Gasteiger partial charge on any atom is -0.489 e. The van der Waals surface area contributed by atoms with Crippen LogP contribution in [-0.4, -0.2) is 46.4 Å². The van der Waals surface area contributed by atoms with E-state index in [1.807, 2.05) is 4.90 Å². The van der Waals surface area contributed by atoms with Crippen molar-refractivity contribution in [3.8, 4) is 5.75 Å². The normalized spacial score (nSPS) is 20.3. The van der Waals surface area contributed by atoms with E-state index in [0.717, 1.165) is 17.7 Å². The summed E-state index contributed by atoms with van der Waals surface area (Å²) < 4.78 is 43.7. The Morgan fingerprint density at radius 2 is 1.75 bits per heavy atom. The summed E-state index contributed by atoms with van der Waals surface area (Å²) in [5.74, 6) is -0.645. The van der Waals surface area contributed by atoms with Gasteiger partial charge in [0, 0.05) is 25.6 Å². The maximum atomic E-state index is 12.6. The number of rotatable bonds is 6. The predicted octanol–water partition coefficient (Wildman–Crippen LogP) is 3.42. The van der Waals surface area contributed by atoms with Gasteiger partial charge in [-0.1, -0.05) is 12.1 Å². The van der Waals surface area contributed by atoms with Gasteiger partial charge in [-0.2, -0.15) is 13.2 Å². The molecule has 8 heteroatoms. The zero-order valence-corrected chi connectivity index (χ0v) is 14.9. The molecule has 28 heavy (non-hydrogen) atoms. The number of hydrogen-bond donors (Lipinski definition) is 2. The lowest BCUT2D eigenvalue weighted by atomic mass is 10.1. The molecule has 0 aromatic heterocycles. The number of benzene rings is 2. The molecule has 0 bridgehead atoms. The summed E-state index contributed by atoms with van der Waals surface area (Å²) in [6.07, 6.45) is -4.10. The Hall–Kier alpha value is -2.58. The van der Waals surface area contributed by atoms with Crippen molar-refractivity contribution in [2.24, 2.45) is 0 Å². The van der Waals surface area contributed by atoms with Crippen molar-refractivity contribution in [3.05, 3.63) is 65.2 Å². The molecule has 1 heterocycles. The molecule has 1 aliphatic rings. The van der Waals surface area contributed by atoms with Gasteiger partial charge in [0.15, 0.2) is 0 Å². The molecular formula is C20H20F3NO4. The molecule has 2 aromatic carbocycles. The first kappa shape index (κ1) is 20.2. The zero-order valence-electron chi connectivity index (χ0n) is 14.9. The number of halogens is 3. The average Bonchev–Trinajstić information content (AvgIpc) is 3.03. The predicted molar refractivity (Wildman–Crippen MR) is 95.2 cm³/mol. The van der Waals surface area contributed by atoms with Crippen molar-refractivity contribution in [1.82, 2.24) is 4.90 Å². The Morgan fingerprint density at radius 3 is 2.29 bits per heavy atom. The number of ether oxygens (including phenoxy) is 1. The van der Waals surface area contributed by atoms with Gasteiger partial charge in [-0.25, -0.2) is 4.79 Å². The van der Waals surface area contributed by atoms with Crippen LogP contribution in [0.3, 0.4) is 0 Å². The number of carboxylic acids is 1. The van der Waals surface area contributed by atoms with Gasteiger partial charge in [0.1, 0.15) is 11.9 Å². The highest BCUT2D eigenvalue weighted by atomic mass is 19.4. The quantitative estimate of drug-likeness (QED) is 0.785. The Balaban J connectivity index is 1.62. The molecule has 0 unspecified atom stereocenters. The van der Waals surface area contributed by atoms with E-state index < -0.39 is 17.7 Å². The summed E-state index contributed by atoms with van der Waals surface area (Å²) in [4.78, 5) is 12.9. The SMILES string of the molecule is O=C(O)c1ccc(CN2C[C@@H](Oc3ccc(C(F)(F)F)cc3)C[C@H]2CO)cc1. The number of carboxylic acid groups (broad SMARTS) is 1. The van der Waals surface area contributed by atoms with Crippen molar-refractivity contribution < 1.29 is 32.9 Å². The maximum Gasteiger partial charge on any atom is 0.416 e. The van der Waals surface area contributed by atoms with Crippen LogP contribution in [0.1, 0.15) is 27.9 Å². The van der Waals surface area contributed by atoms with Crippen LogP contribution >= 0.6 is 0 Å². The highest BCUT2D eigenvalue weighted by molar-refractivity contribution is 5.87. The number of aromatic carboxylic acids is 1. The molecule has 0 spiro atoms. The molecule has 2 N–H and O–H groups in total. The number of hydrogen-bond acceptors (Lipinski definition) is 4. The Morgan fingerprint density at radius 1 is 1.11 bits per heavy atom. The topological polar surface area (TPSA) is 70.0 Å². The van der Waals surface area contributed by atoms with Crippen LogP contribution in [0.4, 0.5) is 13.2 Å². The molecule has 2 atom stereocenters. The third-order valence-corrected chi connectivity index (χ3v) is 4.77. The second kappa shape index (κ2) is 8.20. The van der Waals surface area contributed by atoms with Crippen LogP contribution in [0, 0.1) is 0 Å². The minimum atomic E-state index is -4.39. The molecule has 3 rings (SSSR count). The number of aliphatic hydroxyl groups is 1. The Labute approximate surface area is 160 Å². The lowest BCUT2D eigenvalue weighted by Gasteiger charge is -2.22. The molecule has 150 valence electrons. The van der Waals surface area contributed by atoms with Gasteiger partial charge in [-0.05, 0) is 42.0 Å². The average molecular weight is 395 g/mol. The Kier molecular flexibility index (Phi) is 5.90. The third-order valence-electron chi connectivity index (χ3n) is 4.77. The van der Waals surface area contributed by atoms with Crippen LogP contribution in [-0.2, 0) is 12.7 Å². The van der Waals surface area contributed by atoms with Crippen LogP contribution in [0.2, 0.25) is 0 Å². The van der Waals surface area contributed by atoms with E-state index in [0.29, 0.717) is 25.3 Å². The second-order valence-electron chi connectivity index (χ2n) is 6.77. The molecule has 0 radical (unpaired) electrons. The number of alkyl halides is 3. The lowest BCUT2D eigenvalue weighted by molar-refractivity contribution is -0.137. The molecule has 1 aliphatic heterocycles. The maximum absolute atomic E-state index is 12.6. The van der Waals surface area contributed by atoms with E-state index in [-0.39, 0.29) is 24.3 Å². The smallest absolute Gasteiger partial charge is 0.416 e. The molecule has 0 saturated carbocycles. The minimum absolute atomic E-state index is 0.0694. The summed E-state index contributed by atoms with van der Waals surface area (Å²) in [5.41, 5.74) is 0.372. The molecule has 1 fully saturated rings. The summed E-state index contributed by atoms with van der Waals surface area (Å²) in [5, 5.41) is 18.6. The van der Waals surface area contributed by atoms with E-state index in [1.165, 1.54) is 24.3 Å². The number of likely N-dealkylation sites (tertiary alicyclic amines) is 1. The molecule has 0 amide bonds. The van der Waals surface area contributed by atoms with Gasteiger partial charge < -0.3 is 14.9 Å². The van der Waals surface area contributed by atoms with E-state index in [4.69, 9.17) is 9.84 Å². The number of nitrogens with zero attached hydrogens (tertiary/aromatic N) is 1. The standard InChI is InChI=1S/C20H20F3NO4/c21-20(22,23)15-5-7-17(8-6-15)28-18-9-16(12-25)24(11-18)10-13-1-3-14(4-2-13)19(26)27/h1-8,16,18,25H,9-12H2,(H,26,27)/t16-,18-/m0/s1. The number of carbonyl (C=O) groups is 1. The van der Waals surface area contributed by atoms with Crippen LogP contribution in [0.15, 0.2) is 48.5 Å². The van der Waals surface area contributed by atoms with E-state index in [9.17, 15) is 23.1 Å². The summed E-state index contributed by atoms with van der Waals surface area (Å²) in [6, 6.07) is 10.9. The summed E-state index contributed by atoms with van der Waals surface area (Å²) in [6.45, 7) is 0.949. The van der Waals surface area contributed by atoms with Crippen molar-refractivity contribution in [3.63, 3.8) is 0 Å². The van der Waals surface area contributed by atoms with Crippen LogP contribution < -0.4 is 4.74 Å². The van der Waals surface area contributed by atoms with Gasteiger partial charge in [0.25, 0.3) is 0 Å². The van der Waals surface area contributed by atoms with Crippen molar-refractivity contribution in [1.29, 1.82) is 0 Å². The lowest BCUT2D eigenvalue weighted by Crippen LogP contribution is -2.32. The fourth-order valence-corrected chi connectivity index (χ4v) is 3.31. The van der Waals surface area contributed by atoms with E-state index in [1.54, 1.807) is 12.1 Å². The van der Waals surface area contributed by atoms with Crippen molar-refractivity contribution in [2.45, 2.75) is 31.3 Å².